The van der Waals surface area contributed by atoms with Crippen molar-refractivity contribution in [3.05, 3.63) is 52.7 Å². The molecule has 2 N–H and O–H groups in total. The second-order valence-electron chi connectivity index (χ2n) is 3.16. The molecule has 0 spiro atoms. The van der Waals surface area contributed by atoms with Crippen LogP contribution in [0, 0.1) is 5.82 Å². The second kappa shape index (κ2) is 3.98. The minimum Gasteiger partial charge on any atom is -0.441 e. The van der Waals surface area contributed by atoms with Gasteiger partial charge in [0.2, 0.25) is 5.78 Å². The van der Waals surface area contributed by atoms with Crippen LogP contribution in [0.5, 0.6) is 0 Å². The van der Waals surface area contributed by atoms with Gasteiger partial charge in [0.1, 0.15) is 5.82 Å². The lowest BCUT2D eigenvalue weighted by Gasteiger charge is -2.02. The number of rotatable bonds is 2. The van der Waals surface area contributed by atoms with Gasteiger partial charge in [0, 0.05) is 5.69 Å². The first kappa shape index (κ1) is 10.7. The molecule has 0 saturated heterocycles. The fraction of sp³-hybridized carbons (Fsp3) is 0. The fourth-order valence-electron chi connectivity index (χ4n) is 1.29. The van der Waals surface area contributed by atoms with E-state index in [4.69, 9.17) is 21.8 Å². The molecule has 1 aromatic carbocycles. The Morgan fingerprint density at radius 1 is 1.31 bits per heavy atom. The van der Waals surface area contributed by atoms with E-state index in [0.717, 1.165) is 6.07 Å². The summed E-state index contributed by atoms with van der Waals surface area (Å²) >= 11 is 5.54. The lowest BCUT2D eigenvalue weighted by molar-refractivity contribution is 0.101. The maximum absolute atomic E-state index is 13.0. The van der Waals surface area contributed by atoms with E-state index in [9.17, 15) is 9.18 Å². The molecule has 16 heavy (non-hydrogen) atoms. The number of carbonyl (C=O) groups is 1. The third-order valence-corrected chi connectivity index (χ3v) is 2.26. The predicted octanol–water partition coefficient (Wildman–Crippen LogP) is 2.89. The molecule has 82 valence electrons. The quantitative estimate of drug-likeness (QED) is 0.648. The van der Waals surface area contributed by atoms with Gasteiger partial charge in [0.05, 0.1) is 5.56 Å². The number of carbonyl (C=O) groups excluding carboxylic acids is 1. The Balaban J connectivity index is 2.45. The average molecular weight is 240 g/mol. The zero-order chi connectivity index (χ0) is 11.7. The van der Waals surface area contributed by atoms with Gasteiger partial charge >= 0.3 is 0 Å². The molecule has 1 aromatic heterocycles. The maximum atomic E-state index is 13.0. The van der Waals surface area contributed by atoms with Gasteiger partial charge in [-0.1, -0.05) is 0 Å². The van der Waals surface area contributed by atoms with Crippen LogP contribution in [-0.2, 0) is 0 Å². The first-order valence-electron chi connectivity index (χ1n) is 4.43. The molecule has 5 heteroatoms. The number of halogens is 2. The molecule has 3 nitrogen and oxygen atoms in total. The highest BCUT2D eigenvalue weighted by Crippen LogP contribution is 2.21. The van der Waals surface area contributed by atoms with Gasteiger partial charge in [-0.15, -0.1) is 0 Å². The summed E-state index contributed by atoms with van der Waals surface area (Å²) in [5.41, 5.74) is 5.83. The first-order valence-corrected chi connectivity index (χ1v) is 4.81. The summed E-state index contributed by atoms with van der Waals surface area (Å²) in [7, 11) is 0. The van der Waals surface area contributed by atoms with Gasteiger partial charge in [0.25, 0.3) is 0 Å². The highest BCUT2D eigenvalue weighted by Gasteiger charge is 2.16. The number of furan rings is 1. The number of nitrogen functional groups attached to an aromatic ring is 1. The Bertz CT molecular complexity index is 551. The predicted molar refractivity (Wildman–Crippen MR) is 58.0 cm³/mol. The lowest BCUT2D eigenvalue weighted by atomic mass is 10.1. The molecule has 0 aliphatic carbocycles. The molecule has 0 amide bonds. The topological polar surface area (TPSA) is 56.2 Å². The zero-order valence-corrected chi connectivity index (χ0v) is 8.79. The Labute approximate surface area is 95.6 Å². The van der Waals surface area contributed by atoms with Crippen molar-refractivity contribution in [2.45, 2.75) is 0 Å². The summed E-state index contributed by atoms with van der Waals surface area (Å²) in [6.07, 6.45) is 0. The zero-order valence-electron chi connectivity index (χ0n) is 8.04. The molecule has 2 rings (SSSR count). The van der Waals surface area contributed by atoms with E-state index in [2.05, 4.69) is 0 Å². The van der Waals surface area contributed by atoms with Crippen molar-refractivity contribution < 1.29 is 13.6 Å². The third kappa shape index (κ3) is 1.92. The Hall–Kier alpha value is -1.81. The summed E-state index contributed by atoms with van der Waals surface area (Å²) in [6.45, 7) is 0. The van der Waals surface area contributed by atoms with Crippen molar-refractivity contribution in [1.29, 1.82) is 0 Å². The van der Waals surface area contributed by atoms with E-state index in [1.165, 1.54) is 24.3 Å². The fourth-order valence-corrected chi connectivity index (χ4v) is 1.44. The van der Waals surface area contributed by atoms with E-state index < -0.39 is 11.6 Å². The molecular formula is C11H7ClFNO2. The molecule has 0 radical (unpaired) electrons. The van der Waals surface area contributed by atoms with Crippen molar-refractivity contribution in [2.75, 3.05) is 5.73 Å². The van der Waals surface area contributed by atoms with Crippen molar-refractivity contribution >= 4 is 23.1 Å². The van der Waals surface area contributed by atoms with Crippen LogP contribution < -0.4 is 5.73 Å². The van der Waals surface area contributed by atoms with Crippen molar-refractivity contribution in [2.24, 2.45) is 0 Å². The number of hydrogen-bond acceptors (Lipinski definition) is 3. The molecule has 1 heterocycles. The SMILES string of the molecule is Nc1ccc(F)cc1C(=O)c1ccc(Cl)o1. The van der Waals surface area contributed by atoms with E-state index >= 15 is 0 Å². The summed E-state index contributed by atoms with van der Waals surface area (Å²) in [5.74, 6) is -0.999. The lowest BCUT2D eigenvalue weighted by Crippen LogP contribution is -2.04. The van der Waals surface area contributed by atoms with Crippen LogP contribution in [0.4, 0.5) is 10.1 Å². The summed E-state index contributed by atoms with van der Waals surface area (Å²) in [4.78, 5) is 11.8. The number of anilines is 1. The summed E-state index contributed by atoms with van der Waals surface area (Å²) < 4.78 is 17.9. The van der Waals surface area contributed by atoms with Crippen molar-refractivity contribution in [3.8, 4) is 0 Å². The number of hydrogen-bond donors (Lipinski definition) is 1. The molecule has 0 saturated carbocycles. The molecule has 0 aliphatic rings. The largest absolute Gasteiger partial charge is 0.441 e. The van der Waals surface area contributed by atoms with Gasteiger partial charge in [-0.3, -0.25) is 4.79 Å². The molecule has 2 aromatic rings. The molecule has 0 aliphatic heterocycles. The Morgan fingerprint density at radius 3 is 2.69 bits per heavy atom. The number of nitrogens with two attached hydrogens (primary N) is 1. The number of benzene rings is 1. The van der Waals surface area contributed by atoms with Gasteiger partial charge < -0.3 is 10.2 Å². The Morgan fingerprint density at radius 2 is 2.06 bits per heavy atom. The highest BCUT2D eigenvalue weighted by molar-refractivity contribution is 6.29. The molecule has 0 bridgehead atoms. The maximum Gasteiger partial charge on any atom is 0.230 e. The number of ketones is 1. The molecule has 0 fully saturated rings. The monoisotopic (exact) mass is 239 g/mol. The van der Waals surface area contributed by atoms with Gasteiger partial charge in [-0.2, -0.15) is 0 Å². The summed E-state index contributed by atoms with van der Waals surface area (Å²) in [5, 5.41) is 0.0957. The van der Waals surface area contributed by atoms with Gasteiger partial charge in [-0.05, 0) is 41.9 Å². The first-order chi connectivity index (χ1) is 7.58. The van der Waals surface area contributed by atoms with E-state index in [1.54, 1.807) is 0 Å². The average Bonchev–Trinajstić information content (AvgIpc) is 2.67. The Kier molecular flexibility index (Phi) is 2.66. The van der Waals surface area contributed by atoms with Crippen molar-refractivity contribution in [1.82, 2.24) is 0 Å². The minimum atomic E-state index is -0.532. The van der Waals surface area contributed by atoms with Crippen LogP contribution >= 0.6 is 11.6 Å². The van der Waals surface area contributed by atoms with Crippen LogP contribution in [0.2, 0.25) is 5.22 Å². The van der Waals surface area contributed by atoms with Crippen LogP contribution in [0.1, 0.15) is 16.1 Å². The van der Waals surface area contributed by atoms with E-state index in [1.807, 2.05) is 0 Å². The van der Waals surface area contributed by atoms with Gasteiger partial charge in [-0.25, -0.2) is 4.39 Å². The van der Waals surface area contributed by atoms with Crippen LogP contribution in [-0.4, -0.2) is 5.78 Å². The molecular weight excluding hydrogens is 233 g/mol. The third-order valence-electron chi connectivity index (χ3n) is 2.06. The van der Waals surface area contributed by atoms with Crippen LogP contribution in [0.15, 0.2) is 34.7 Å². The van der Waals surface area contributed by atoms with E-state index in [0.29, 0.717) is 0 Å². The smallest absolute Gasteiger partial charge is 0.230 e. The standard InChI is InChI=1S/C11H7ClFNO2/c12-10-4-3-9(16-10)11(15)7-5-6(13)1-2-8(7)14/h1-5H,14H2. The van der Waals surface area contributed by atoms with Gasteiger partial charge in [0.15, 0.2) is 11.0 Å². The van der Waals surface area contributed by atoms with Crippen LogP contribution in [0.3, 0.4) is 0 Å². The summed E-state index contributed by atoms with van der Waals surface area (Å²) in [6, 6.07) is 6.42. The minimum absolute atomic E-state index is 0.0299. The van der Waals surface area contributed by atoms with Crippen LogP contribution in [0.25, 0.3) is 0 Å². The second-order valence-corrected chi connectivity index (χ2v) is 3.54. The molecule has 0 unspecified atom stereocenters. The van der Waals surface area contributed by atoms with E-state index in [-0.39, 0.29) is 22.2 Å². The molecule has 0 atom stereocenters. The van der Waals surface area contributed by atoms with Crippen molar-refractivity contribution in [3.63, 3.8) is 0 Å². The normalized spacial score (nSPS) is 10.4. The highest BCUT2D eigenvalue weighted by atomic mass is 35.5.